The number of benzene rings is 1. The molecule has 2 heterocycles. The van der Waals surface area contributed by atoms with Gasteiger partial charge in [0.1, 0.15) is 11.6 Å². The summed E-state index contributed by atoms with van der Waals surface area (Å²) >= 11 is 0. The van der Waals surface area contributed by atoms with E-state index in [1.54, 1.807) is 13.8 Å². The first kappa shape index (κ1) is 17.3. The first-order chi connectivity index (χ1) is 11.6. The Balaban J connectivity index is 2.15. The summed E-state index contributed by atoms with van der Waals surface area (Å²) in [6.45, 7) is 3.29. The summed E-state index contributed by atoms with van der Waals surface area (Å²) in [6, 6.07) is 8.44. The summed E-state index contributed by atoms with van der Waals surface area (Å²) in [5.41, 5.74) is 0.248. The number of Topliss-reactive ketones (excluding diaryl/α,β-unsaturated/α-hetero) is 1. The fourth-order valence-electron chi connectivity index (χ4n) is 2.57. The van der Waals surface area contributed by atoms with Gasteiger partial charge in [-0.05, 0) is 43.7 Å². The van der Waals surface area contributed by atoms with Crippen molar-refractivity contribution in [3.8, 4) is 0 Å². The Morgan fingerprint density at radius 3 is 2.16 bits per heavy atom. The van der Waals surface area contributed by atoms with Crippen molar-refractivity contribution in [1.29, 1.82) is 0 Å². The molecule has 1 aromatic heterocycles. The van der Waals surface area contributed by atoms with E-state index < -0.39 is 21.3 Å². The van der Waals surface area contributed by atoms with E-state index >= 15 is 0 Å². The molecule has 7 heteroatoms. The summed E-state index contributed by atoms with van der Waals surface area (Å²) in [5.74, 6) is -0.342. The van der Waals surface area contributed by atoms with Gasteiger partial charge in [0.2, 0.25) is 5.78 Å². The molecule has 1 aromatic carbocycles. The second-order valence-corrected chi connectivity index (χ2v) is 8.27. The predicted molar refractivity (Wildman–Crippen MR) is 90.7 cm³/mol. The van der Waals surface area contributed by atoms with Crippen molar-refractivity contribution in [3.63, 3.8) is 0 Å². The van der Waals surface area contributed by atoms with Gasteiger partial charge < -0.3 is 4.74 Å². The van der Waals surface area contributed by atoms with Crippen LogP contribution >= 0.6 is 0 Å². The van der Waals surface area contributed by atoms with Crippen LogP contribution in [0.2, 0.25) is 0 Å². The quantitative estimate of drug-likeness (QED) is 0.840. The highest BCUT2D eigenvalue weighted by atomic mass is 32.2. The van der Waals surface area contributed by atoms with Crippen LogP contribution in [0.5, 0.6) is 0 Å². The second-order valence-electron chi connectivity index (χ2n) is 6.31. The summed E-state index contributed by atoms with van der Waals surface area (Å²) in [6.07, 6.45) is 2.42. The third kappa shape index (κ3) is 3.19. The van der Waals surface area contributed by atoms with Gasteiger partial charge in [0.25, 0.3) is 0 Å². The maximum atomic E-state index is 13.2. The van der Waals surface area contributed by atoms with Gasteiger partial charge in [-0.3, -0.25) is 4.79 Å². The molecule has 1 aliphatic heterocycles. The maximum Gasteiger partial charge on any atom is 0.210 e. The number of rotatable bonds is 3. The van der Waals surface area contributed by atoms with E-state index in [2.05, 4.69) is 4.98 Å². The number of carbonyl (C=O) groups excluding carboxylic acids is 1. The van der Waals surface area contributed by atoms with Crippen LogP contribution in [0.4, 0.5) is 4.39 Å². The smallest absolute Gasteiger partial charge is 0.210 e. The number of halogens is 1. The summed E-state index contributed by atoms with van der Waals surface area (Å²) < 4.78 is 42.1. The van der Waals surface area contributed by atoms with Gasteiger partial charge in [0.15, 0.2) is 20.5 Å². The minimum absolute atomic E-state index is 0.0660. The fraction of sp³-hybridized carbons (Fsp3) is 0.222. The molecule has 1 aliphatic rings. The minimum Gasteiger partial charge on any atom is -0.478 e. The van der Waals surface area contributed by atoms with Crippen LogP contribution in [0.1, 0.15) is 25.0 Å². The standard InChI is InChI=1S/C18H16FNO4S/c1-18(2)17(21)15(11-4-7-13(19)8-5-11)16(24-18)12-6-9-14(20-10-12)25(3,22)23/h4-10H,1-3H3. The van der Waals surface area contributed by atoms with E-state index in [0.29, 0.717) is 22.5 Å². The molecule has 0 N–H and O–H groups in total. The number of ether oxygens (including phenoxy) is 1. The average molecular weight is 361 g/mol. The number of nitrogens with zero attached hydrogens (tertiary/aromatic N) is 1. The molecule has 0 aliphatic carbocycles. The number of sulfone groups is 1. The van der Waals surface area contributed by atoms with Crippen LogP contribution in [0.25, 0.3) is 11.3 Å². The van der Waals surface area contributed by atoms with Gasteiger partial charge >= 0.3 is 0 Å². The minimum atomic E-state index is -3.42. The monoisotopic (exact) mass is 361 g/mol. The lowest BCUT2D eigenvalue weighted by molar-refractivity contribution is -0.125. The van der Waals surface area contributed by atoms with Gasteiger partial charge in [0, 0.05) is 18.0 Å². The number of pyridine rings is 1. The van der Waals surface area contributed by atoms with Crippen molar-refractivity contribution in [2.24, 2.45) is 0 Å². The number of carbonyl (C=O) groups is 1. The Bertz CT molecular complexity index is 975. The molecule has 0 spiro atoms. The number of hydrogen-bond donors (Lipinski definition) is 0. The lowest BCUT2D eigenvalue weighted by Crippen LogP contribution is -2.29. The topological polar surface area (TPSA) is 73.3 Å². The molecule has 0 bridgehead atoms. The van der Waals surface area contributed by atoms with Gasteiger partial charge in [-0.2, -0.15) is 0 Å². The number of aromatic nitrogens is 1. The third-order valence-electron chi connectivity index (χ3n) is 3.87. The van der Waals surface area contributed by atoms with E-state index in [-0.39, 0.29) is 10.8 Å². The largest absolute Gasteiger partial charge is 0.478 e. The van der Waals surface area contributed by atoms with Crippen molar-refractivity contribution in [3.05, 3.63) is 59.5 Å². The normalized spacial score (nSPS) is 16.9. The molecule has 0 unspecified atom stereocenters. The van der Waals surface area contributed by atoms with Gasteiger partial charge in [0.05, 0.1) is 5.57 Å². The highest BCUT2D eigenvalue weighted by Gasteiger charge is 2.42. The molecule has 0 saturated carbocycles. The van der Waals surface area contributed by atoms with E-state index in [0.717, 1.165) is 6.26 Å². The third-order valence-corrected chi connectivity index (χ3v) is 4.87. The van der Waals surface area contributed by atoms with Crippen LogP contribution in [-0.2, 0) is 19.4 Å². The Hall–Kier alpha value is -2.54. The number of ketones is 1. The van der Waals surface area contributed by atoms with Crippen molar-refractivity contribution in [2.75, 3.05) is 6.26 Å². The Morgan fingerprint density at radius 1 is 1.04 bits per heavy atom. The van der Waals surface area contributed by atoms with Crippen LogP contribution in [0, 0.1) is 5.82 Å². The zero-order valence-corrected chi connectivity index (χ0v) is 14.7. The molecule has 130 valence electrons. The predicted octanol–water partition coefficient (Wildman–Crippen LogP) is 2.87. The molecule has 0 atom stereocenters. The Labute approximate surface area is 145 Å². The zero-order valence-electron chi connectivity index (χ0n) is 13.9. The molecule has 0 saturated heterocycles. The van der Waals surface area contributed by atoms with Crippen molar-refractivity contribution in [1.82, 2.24) is 4.98 Å². The van der Waals surface area contributed by atoms with Gasteiger partial charge in [-0.15, -0.1) is 0 Å². The van der Waals surface area contributed by atoms with Crippen LogP contribution in [0.15, 0.2) is 47.6 Å². The first-order valence-electron chi connectivity index (χ1n) is 7.50. The summed E-state index contributed by atoms with van der Waals surface area (Å²) in [5, 5.41) is -0.0660. The Kier molecular flexibility index (Phi) is 3.99. The molecule has 0 radical (unpaired) electrons. The van der Waals surface area contributed by atoms with Crippen molar-refractivity contribution in [2.45, 2.75) is 24.5 Å². The second kappa shape index (κ2) is 5.77. The highest BCUT2D eigenvalue weighted by Crippen LogP contribution is 2.41. The average Bonchev–Trinajstić information content (AvgIpc) is 2.78. The van der Waals surface area contributed by atoms with Crippen molar-refractivity contribution >= 4 is 27.0 Å². The Morgan fingerprint density at radius 2 is 1.64 bits per heavy atom. The maximum absolute atomic E-state index is 13.2. The van der Waals surface area contributed by atoms with E-state index in [1.807, 2.05) is 0 Å². The van der Waals surface area contributed by atoms with E-state index in [1.165, 1.54) is 42.6 Å². The first-order valence-corrected chi connectivity index (χ1v) is 9.39. The number of hydrogen-bond acceptors (Lipinski definition) is 5. The lowest BCUT2D eigenvalue weighted by atomic mass is 9.93. The molecular formula is C18H16FNO4S. The van der Waals surface area contributed by atoms with Crippen molar-refractivity contribution < 1.29 is 22.3 Å². The molecule has 25 heavy (non-hydrogen) atoms. The highest BCUT2D eigenvalue weighted by molar-refractivity contribution is 7.90. The van der Waals surface area contributed by atoms with Gasteiger partial charge in [-0.1, -0.05) is 12.1 Å². The molecule has 0 amide bonds. The fourth-order valence-corrected chi connectivity index (χ4v) is 3.13. The van der Waals surface area contributed by atoms with Crippen LogP contribution in [0.3, 0.4) is 0 Å². The molecule has 0 fully saturated rings. The van der Waals surface area contributed by atoms with Crippen LogP contribution in [-0.4, -0.2) is 31.0 Å². The molecular weight excluding hydrogens is 345 g/mol. The van der Waals surface area contributed by atoms with Gasteiger partial charge in [-0.25, -0.2) is 17.8 Å². The van der Waals surface area contributed by atoms with E-state index in [4.69, 9.17) is 4.74 Å². The molecule has 3 rings (SSSR count). The van der Waals surface area contributed by atoms with E-state index in [9.17, 15) is 17.6 Å². The zero-order chi connectivity index (χ0) is 18.4. The molecule has 2 aromatic rings. The SMILES string of the molecule is CC1(C)OC(c2ccc(S(C)(=O)=O)nc2)=C(c2ccc(F)cc2)C1=O. The summed E-state index contributed by atoms with van der Waals surface area (Å²) in [7, 11) is -3.42. The van der Waals surface area contributed by atoms with Crippen LogP contribution < -0.4 is 0 Å². The molecule has 5 nitrogen and oxygen atoms in total. The lowest BCUT2D eigenvalue weighted by Gasteiger charge is -2.17. The summed E-state index contributed by atoms with van der Waals surface area (Å²) in [4.78, 5) is 16.7.